The van der Waals surface area contributed by atoms with E-state index in [2.05, 4.69) is 15.7 Å². The van der Waals surface area contributed by atoms with E-state index in [4.69, 9.17) is 0 Å². The summed E-state index contributed by atoms with van der Waals surface area (Å²) in [6, 6.07) is -0.499. The van der Waals surface area contributed by atoms with Gasteiger partial charge in [-0.15, -0.1) is 0 Å². The minimum Gasteiger partial charge on any atom is -0.336 e. The number of imide groups is 1. The fourth-order valence-electron chi connectivity index (χ4n) is 2.51. The Balaban J connectivity index is 1.78. The van der Waals surface area contributed by atoms with Crippen LogP contribution < -0.4 is 10.6 Å². The predicted molar refractivity (Wildman–Crippen MR) is 63.1 cm³/mol. The maximum Gasteiger partial charge on any atom is 0.322 e. The van der Waals surface area contributed by atoms with E-state index in [1.54, 1.807) is 22.8 Å². The molecule has 1 aromatic rings. The highest BCUT2D eigenvalue weighted by atomic mass is 16.2. The van der Waals surface area contributed by atoms with Gasteiger partial charge in [-0.05, 0) is 6.42 Å². The van der Waals surface area contributed by atoms with Crippen molar-refractivity contribution >= 4 is 17.8 Å². The van der Waals surface area contributed by atoms with Crippen LogP contribution >= 0.6 is 0 Å². The van der Waals surface area contributed by atoms with Crippen LogP contribution in [0.1, 0.15) is 16.8 Å². The minimum absolute atomic E-state index is 0.182. The van der Waals surface area contributed by atoms with Crippen LogP contribution in [0.2, 0.25) is 0 Å². The van der Waals surface area contributed by atoms with Gasteiger partial charge in [-0.25, -0.2) is 4.79 Å². The van der Waals surface area contributed by atoms with Crippen LogP contribution in [0.25, 0.3) is 0 Å². The molecule has 1 unspecified atom stereocenters. The van der Waals surface area contributed by atoms with Crippen molar-refractivity contribution in [2.75, 3.05) is 13.1 Å². The first kappa shape index (κ1) is 11.7. The molecule has 0 bridgehead atoms. The van der Waals surface area contributed by atoms with Gasteiger partial charge in [-0.3, -0.25) is 19.6 Å². The molecule has 8 nitrogen and oxygen atoms in total. The summed E-state index contributed by atoms with van der Waals surface area (Å²) in [5.74, 6) is -0.544. The quantitative estimate of drug-likeness (QED) is 0.625. The molecule has 2 aliphatic heterocycles. The minimum atomic E-state index is -0.963. The number of rotatable bonds is 1. The van der Waals surface area contributed by atoms with E-state index >= 15 is 0 Å². The van der Waals surface area contributed by atoms with E-state index in [9.17, 15) is 14.4 Å². The summed E-state index contributed by atoms with van der Waals surface area (Å²) in [4.78, 5) is 36.7. The zero-order valence-electron chi connectivity index (χ0n) is 10.3. The highest BCUT2D eigenvalue weighted by molar-refractivity contribution is 6.08. The van der Waals surface area contributed by atoms with Crippen molar-refractivity contribution < 1.29 is 14.4 Å². The number of urea groups is 1. The van der Waals surface area contributed by atoms with Crippen LogP contribution in [0.4, 0.5) is 4.79 Å². The normalized spacial score (nSPS) is 25.8. The molecule has 1 aromatic heterocycles. The van der Waals surface area contributed by atoms with E-state index in [1.165, 1.54) is 6.20 Å². The van der Waals surface area contributed by atoms with Crippen LogP contribution in [-0.4, -0.2) is 51.2 Å². The molecule has 0 saturated carbocycles. The number of hydrogen-bond acceptors (Lipinski definition) is 4. The first-order valence-corrected chi connectivity index (χ1v) is 5.92. The third-order valence-corrected chi connectivity index (χ3v) is 3.52. The summed E-state index contributed by atoms with van der Waals surface area (Å²) >= 11 is 0. The van der Waals surface area contributed by atoms with Gasteiger partial charge in [0.05, 0.1) is 18.3 Å². The summed E-state index contributed by atoms with van der Waals surface area (Å²) in [6.07, 6.45) is 3.54. The fourth-order valence-corrected chi connectivity index (χ4v) is 2.51. The van der Waals surface area contributed by atoms with Gasteiger partial charge in [-0.2, -0.15) is 5.10 Å². The van der Waals surface area contributed by atoms with Gasteiger partial charge in [0.25, 0.3) is 11.8 Å². The molecule has 8 heteroatoms. The van der Waals surface area contributed by atoms with Crippen molar-refractivity contribution in [2.45, 2.75) is 12.0 Å². The Morgan fingerprint density at radius 2 is 2.26 bits per heavy atom. The van der Waals surface area contributed by atoms with Crippen molar-refractivity contribution in [3.05, 3.63) is 18.0 Å². The number of amides is 4. The van der Waals surface area contributed by atoms with E-state index in [0.717, 1.165) is 0 Å². The molecule has 2 fully saturated rings. The first-order chi connectivity index (χ1) is 9.00. The molecule has 3 heterocycles. The van der Waals surface area contributed by atoms with Crippen molar-refractivity contribution in [1.82, 2.24) is 25.3 Å². The molecule has 2 aliphatic rings. The molecule has 0 aromatic carbocycles. The van der Waals surface area contributed by atoms with Crippen LogP contribution in [0.3, 0.4) is 0 Å². The van der Waals surface area contributed by atoms with E-state index in [1.807, 2.05) is 0 Å². The van der Waals surface area contributed by atoms with Crippen LogP contribution in [0.5, 0.6) is 0 Å². The van der Waals surface area contributed by atoms with E-state index < -0.39 is 11.6 Å². The predicted octanol–water partition coefficient (Wildman–Crippen LogP) is -1.16. The van der Waals surface area contributed by atoms with E-state index in [0.29, 0.717) is 18.5 Å². The summed E-state index contributed by atoms with van der Waals surface area (Å²) in [7, 11) is 1.73. The summed E-state index contributed by atoms with van der Waals surface area (Å²) in [5.41, 5.74) is -0.487. The Hall–Kier alpha value is -2.38. The Morgan fingerprint density at radius 1 is 1.47 bits per heavy atom. The third kappa shape index (κ3) is 1.76. The summed E-state index contributed by atoms with van der Waals surface area (Å²) in [6.45, 7) is 0.625. The second-order valence-electron chi connectivity index (χ2n) is 4.87. The van der Waals surface area contributed by atoms with Crippen LogP contribution in [0, 0.1) is 0 Å². The van der Waals surface area contributed by atoms with Crippen molar-refractivity contribution in [1.29, 1.82) is 0 Å². The first-order valence-electron chi connectivity index (χ1n) is 5.92. The molecule has 1 spiro atoms. The summed E-state index contributed by atoms with van der Waals surface area (Å²) < 4.78 is 1.54. The Kier molecular flexibility index (Phi) is 2.34. The molecule has 1 atom stereocenters. The fraction of sp³-hybridized carbons (Fsp3) is 0.455. The number of aromatic nitrogens is 2. The second-order valence-corrected chi connectivity index (χ2v) is 4.87. The molecule has 0 radical (unpaired) electrons. The smallest absolute Gasteiger partial charge is 0.322 e. The maximum absolute atomic E-state index is 12.2. The second kappa shape index (κ2) is 3.81. The molecular formula is C11H13N5O3. The molecule has 4 amide bonds. The van der Waals surface area contributed by atoms with Gasteiger partial charge in [0, 0.05) is 19.8 Å². The lowest BCUT2D eigenvalue weighted by atomic mass is 9.99. The van der Waals surface area contributed by atoms with Gasteiger partial charge in [0.2, 0.25) is 0 Å². The third-order valence-electron chi connectivity index (χ3n) is 3.52. The van der Waals surface area contributed by atoms with Crippen molar-refractivity contribution in [2.24, 2.45) is 7.05 Å². The molecular weight excluding hydrogens is 250 g/mol. The van der Waals surface area contributed by atoms with Crippen LogP contribution in [-0.2, 0) is 11.8 Å². The average molecular weight is 263 g/mol. The average Bonchev–Trinajstić information content (AvgIpc) is 3.01. The van der Waals surface area contributed by atoms with Gasteiger partial charge >= 0.3 is 6.03 Å². The van der Waals surface area contributed by atoms with Gasteiger partial charge < -0.3 is 10.2 Å². The molecule has 100 valence electrons. The number of carbonyl (C=O) groups is 3. The molecule has 19 heavy (non-hydrogen) atoms. The van der Waals surface area contributed by atoms with Crippen LogP contribution in [0.15, 0.2) is 12.4 Å². The number of hydrogen-bond donors (Lipinski definition) is 2. The zero-order chi connectivity index (χ0) is 13.6. The monoisotopic (exact) mass is 263 g/mol. The molecule has 2 N–H and O–H groups in total. The lowest BCUT2D eigenvalue weighted by Gasteiger charge is -2.20. The molecule has 3 rings (SSSR count). The largest absolute Gasteiger partial charge is 0.336 e. The molecule has 0 aliphatic carbocycles. The topological polar surface area (TPSA) is 96.3 Å². The Morgan fingerprint density at radius 3 is 2.84 bits per heavy atom. The summed E-state index contributed by atoms with van der Waals surface area (Å²) in [5, 5.41) is 8.76. The molecule has 2 saturated heterocycles. The lowest BCUT2D eigenvalue weighted by molar-refractivity contribution is -0.123. The number of carbonyl (C=O) groups excluding carboxylic acids is 3. The van der Waals surface area contributed by atoms with Crippen molar-refractivity contribution in [3.63, 3.8) is 0 Å². The number of aryl methyl sites for hydroxylation is 1. The highest BCUT2D eigenvalue weighted by Crippen LogP contribution is 2.25. The van der Waals surface area contributed by atoms with Crippen molar-refractivity contribution in [3.8, 4) is 0 Å². The zero-order valence-corrected chi connectivity index (χ0v) is 10.3. The SMILES string of the molecule is Cn1cc(C(=O)N2CCC3(C2)NC(=O)NC3=O)cn1. The lowest BCUT2D eigenvalue weighted by Crippen LogP contribution is -2.49. The highest BCUT2D eigenvalue weighted by Gasteiger charge is 2.51. The standard InChI is InChI=1S/C11H13N5O3/c1-15-5-7(4-12-15)8(17)16-3-2-11(6-16)9(18)13-10(19)14-11/h4-5H,2-3,6H2,1H3,(H2,13,14,18,19). The van der Waals surface area contributed by atoms with Gasteiger partial charge in [0.1, 0.15) is 5.54 Å². The van der Waals surface area contributed by atoms with Gasteiger partial charge in [-0.1, -0.05) is 0 Å². The number of likely N-dealkylation sites (tertiary alicyclic amines) is 1. The Labute approximate surface area is 108 Å². The Bertz CT molecular complexity index is 581. The van der Waals surface area contributed by atoms with Gasteiger partial charge in [0.15, 0.2) is 0 Å². The maximum atomic E-state index is 12.2. The number of nitrogens with zero attached hydrogens (tertiary/aromatic N) is 3. The van der Waals surface area contributed by atoms with E-state index in [-0.39, 0.29) is 18.4 Å². The number of nitrogens with one attached hydrogen (secondary N) is 2.